The van der Waals surface area contributed by atoms with Crippen LogP contribution in [0.3, 0.4) is 0 Å². The fraction of sp³-hybridized carbons (Fsp3) is 0.222. The molecule has 0 aliphatic rings. The van der Waals surface area contributed by atoms with Gasteiger partial charge in [-0.05, 0) is 59.3 Å². The van der Waals surface area contributed by atoms with Crippen molar-refractivity contribution < 1.29 is 0 Å². The van der Waals surface area contributed by atoms with Gasteiger partial charge in [-0.3, -0.25) is 0 Å². The van der Waals surface area contributed by atoms with Gasteiger partial charge in [0.05, 0.1) is 11.6 Å². The van der Waals surface area contributed by atoms with E-state index in [1.165, 1.54) is 0 Å². The summed E-state index contributed by atoms with van der Waals surface area (Å²) in [5.74, 6) is 0. The molecule has 12 heavy (non-hydrogen) atoms. The van der Waals surface area contributed by atoms with Crippen LogP contribution in [-0.4, -0.2) is 6.54 Å². The van der Waals surface area contributed by atoms with Crippen LogP contribution in [0.4, 0.5) is 0 Å². The lowest BCUT2D eigenvalue weighted by Gasteiger charge is -1.99. The number of nitriles is 1. The average Bonchev–Trinajstić information content (AvgIpc) is 2.04. The van der Waals surface area contributed by atoms with Crippen molar-refractivity contribution in [2.45, 2.75) is 6.42 Å². The van der Waals surface area contributed by atoms with Gasteiger partial charge in [0.25, 0.3) is 0 Å². The maximum absolute atomic E-state index is 8.67. The van der Waals surface area contributed by atoms with Crippen LogP contribution in [-0.2, 0) is 6.42 Å². The number of halogens is 1. The van der Waals surface area contributed by atoms with E-state index in [0.717, 1.165) is 15.6 Å². The normalized spacial score (nSPS) is 9.42. The lowest BCUT2D eigenvalue weighted by atomic mass is 10.1. The highest BCUT2D eigenvalue weighted by atomic mass is 127. The summed E-state index contributed by atoms with van der Waals surface area (Å²) in [5, 5.41) is 8.67. The van der Waals surface area contributed by atoms with E-state index in [0.29, 0.717) is 12.1 Å². The second-order valence-corrected chi connectivity index (χ2v) is 3.74. The molecule has 0 spiro atoms. The van der Waals surface area contributed by atoms with Gasteiger partial charge < -0.3 is 5.73 Å². The van der Waals surface area contributed by atoms with E-state index >= 15 is 0 Å². The van der Waals surface area contributed by atoms with Crippen molar-refractivity contribution in [3.8, 4) is 6.07 Å². The Morgan fingerprint density at radius 1 is 1.42 bits per heavy atom. The Balaban J connectivity index is 3.00. The lowest BCUT2D eigenvalue weighted by molar-refractivity contribution is 0.967. The van der Waals surface area contributed by atoms with E-state index in [2.05, 4.69) is 28.7 Å². The number of hydrogen-bond donors (Lipinski definition) is 1. The summed E-state index contributed by atoms with van der Waals surface area (Å²) in [6, 6.07) is 7.92. The van der Waals surface area contributed by atoms with Crippen molar-refractivity contribution in [3.63, 3.8) is 0 Å². The molecule has 3 heteroatoms. The standard InChI is InChI=1S/C9H9IN2/c10-9-4-7(1-2-11)3-8(5-9)6-12/h3-5H,1-2,11H2. The van der Waals surface area contributed by atoms with Crippen molar-refractivity contribution in [1.82, 2.24) is 0 Å². The molecule has 0 saturated carbocycles. The second kappa shape index (κ2) is 4.43. The summed E-state index contributed by atoms with van der Waals surface area (Å²) >= 11 is 2.20. The monoisotopic (exact) mass is 272 g/mol. The smallest absolute Gasteiger partial charge is 0.0992 e. The van der Waals surface area contributed by atoms with Gasteiger partial charge in [0.2, 0.25) is 0 Å². The highest BCUT2D eigenvalue weighted by Gasteiger charge is 1.97. The molecule has 0 amide bonds. The van der Waals surface area contributed by atoms with E-state index in [1.807, 2.05) is 18.2 Å². The number of nitrogens with two attached hydrogens (primary N) is 1. The summed E-state index contributed by atoms with van der Waals surface area (Å²) in [6.45, 7) is 0.630. The molecular formula is C9H9IN2. The fourth-order valence-corrected chi connectivity index (χ4v) is 1.76. The molecular weight excluding hydrogens is 263 g/mol. The molecule has 0 atom stereocenters. The van der Waals surface area contributed by atoms with E-state index in [9.17, 15) is 0 Å². The third-order valence-electron chi connectivity index (χ3n) is 1.52. The summed E-state index contributed by atoms with van der Waals surface area (Å²) in [6.07, 6.45) is 0.839. The van der Waals surface area contributed by atoms with Gasteiger partial charge in [-0.1, -0.05) is 0 Å². The first-order chi connectivity index (χ1) is 5.76. The fourth-order valence-electron chi connectivity index (χ4n) is 1.03. The van der Waals surface area contributed by atoms with Crippen LogP contribution >= 0.6 is 22.6 Å². The van der Waals surface area contributed by atoms with Gasteiger partial charge in [-0.2, -0.15) is 5.26 Å². The Morgan fingerprint density at radius 3 is 2.75 bits per heavy atom. The lowest BCUT2D eigenvalue weighted by Crippen LogP contribution is -2.03. The van der Waals surface area contributed by atoms with Crippen LogP contribution < -0.4 is 5.73 Å². The van der Waals surface area contributed by atoms with Gasteiger partial charge in [0.1, 0.15) is 0 Å². The van der Waals surface area contributed by atoms with Crippen LogP contribution in [0, 0.1) is 14.9 Å². The first kappa shape index (κ1) is 9.49. The van der Waals surface area contributed by atoms with Gasteiger partial charge in [0, 0.05) is 3.57 Å². The zero-order chi connectivity index (χ0) is 8.97. The number of rotatable bonds is 2. The van der Waals surface area contributed by atoms with Gasteiger partial charge in [-0.25, -0.2) is 0 Å². The predicted octanol–water partition coefficient (Wildman–Crippen LogP) is 1.66. The Kier molecular flexibility index (Phi) is 3.50. The molecule has 0 aromatic heterocycles. The average molecular weight is 272 g/mol. The van der Waals surface area contributed by atoms with Gasteiger partial charge in [-0.15, -0.1) is 0 Å². The van der Waals surface area contributed by atoms with Crippen molar-refractivity contribution in [3.05, 3.63) is 32.9 Å². The van der Waals surface area contributed by atoms with E-state index in [-0.39, 0.29) is 0 Å². The minimum Gasteiger partial charge on any atom is -0.330 e. The SMILES string of the molecule is N#Cc1cc(I)cc(CCN)c1. The van der Waals surface area contributed by atoms with Crippen LogP contribution in [0.5, 0.6) is 0 Å². The maximum Gasteiger partial charge on any atom is 0.0992 e. The van der Waals surface area contributed by atoms with Crippen LogP contribution in [0.25, 0.3) is 0 Å². The molecule has 0 heterocycles. The first-order valence-electron chi connectivity index (χ1n) is 3.66. The molecule has 2 N–H and O–H groups in total. The summed E-state index contributed by atoms with van der Waals surface area (Å²) < 4.78 is 1.09. The molecule has 0 saturated heterocycles. The molecule has 0 aliphatic heterocycles. The summed E-state index contributed by atoms with van der Waals surface area (Å²) in [4.78, 5) is 0. The molecule has 1 rings (SSSR count). The molecule has 0 radical (unpaired) electrons. The largest absolute Gasteiger partial charge is 0.330 e. The summed E-state index contributed by atoms with van der Waals surface area (Å²) in [7, 11) is 0. The third-order valence-corrected chi connectivity index (χ3v) is 2.14. The zero-order valence-corrected chi connectivity index (χ0v) is 8.71. The summed E-state index contributed by atoms with van der Waals surface area (Å²) in [5.41, 5.74) is 7.27. The van der Waals surface area contributed by atoms with E-state index in [1.54, 1.807) is 0 Å². The quantitative estimate of drug-likeness (QED) is 0.832. The number of nitrogens with zero attached hydrogens (tertiary/aromatic N) is 1. The Labute approximate surface area is 85.5 Å². The maximum atomic E-state index is 8.67. The van der Waals surface area contributed by atoms with Crippen LogP contribution in [0.1, 0.15) is 11.1 Å². The van der Waals surface area contributed by atoms with Crippen molar-refractivity contribution in [1.29, 1.82) is 5.26 Å². The minimum absolute atomic E-state index is 0.630. The van der Waals surface area contributed by atoms with E-state index < -0.39 is 0 Å². The Bertz CT molecular complexity index is 315. The van der Waals surface area contributed by atoms with Crippen molar-refractivity contribution >= 4 is 22.6 Å². The molecule has 1 aromatic carbocycles. The van der Waals surface area contributed by atoms with E-state index in [4.69, 9.17) is 11.0 Å². The zero-order valence-electron chi connectivity index (χ0n) is 6.55. The first-order valence-corrected chi connectivity index (χ1v) is 4.74. The Hall–Kier alpha value is -0.600. The minimum atomic E-state index is 0.630. The second-order valence-electron chi connectivity index (χ2n) is 2.50. The molecule has 0 bridgehead atoms. The molecule has 0 unspecified atom stereocenters. The Morgan fingerprint density at radius 2 is 2.17 bits per heavy atom. The van der Waals surface area contributed by atoms with Crippen LogP contribution in [0.15, 0.2) is 18.2 Å². The number of hydrogen-bond acceptors (Lipinski definition) is 2. The van der Waals surface area contributed by atoms with Gasteiger partial charge >= 0.3 is 0 Å². The molecule has 0 aliphatic carbocycles. The van der Waals surface area contributed by atoms with Crippen molar-refractivity contribution in [2.75, 3.05) is 6.54 Å². The molecule has 1 aromatic rings. The molecule has 2 nitrogen and oxygen atoms in total. The molecule has 0 fully saturated rings. The topological polar surface area (TPSA) is 49.8 Å². The van der Waals surface area contributed by atoms with Crippen molar-refractivity contribution in [2.24, 2.45) is 5.73 Å². The van der Waals surface area contributed by atoms with Gasteiger partial charge in [0.15, 0.2) is 0 Å². The molecule has 62 valence electrons. The highest BCUT2D eigenvalue weighted by Crippen LogP contribution is 2.11. The number of benzene rings is 1. The predicted molar refractivity (Wildman–Crippen MR) is 56.6 cm³/mol. The van der Waals surface area contributed by atoms with Crippen LogP contribution in [0.2, 0.25) is 0 Å². The third kappa shape index (κ3) is 2.47. The highest BCUT2D eigenvalue weighted by molar-refractivity contribution is 14.1.